The van der Waals surface area contributed by atoms with Gasteiger partial charge in [0.25, 0.3) is 0 Å². The molecule has 1 saturated carbocycles. The van der Waals surface area contributed by atoms with E-state index in [1.54, 1.807) is 6.07 Å². The lowest BCUT2D eigenvalue weighted by atomic mass is 9.82. The first-order chi connectivity index (χ1) is 10.2. The topological polar surface area (TPSA) is 94.0 Å². The number of carbonyl (C=O) groups excluding carboxylic acids is 1. The van der Waals surface area contributed by atoms with Crippen LogP contribution in [0.25, 0.3) is 11.5 Å². The average molecular weight is 286 g/mol. The lowest BCUT2D eigenvalue weighted by Crippen LogP contribution is -2.52. The first-order valence-electron chi connectivity index (χ1n) is 7.14. The van der Waals surface area contributed by atoms with Crippen molar-refractivity contribution in [1.82, 2.24) is 10.2 Å². The zero-order chi connectivity index (χ0) is 14.7. The summed E-state index contributed by atoms with van der Waals surface area (Å²) < 4.78 is 5.16. The second-order valence-corrected chi connectivity index (χ2v) is 5.50. The fourth-order valence-corrected chi connectivity index (χ4v) is 2.69. The number of amides is 1. The van der Waals surface area contributed by atoms with Crippen molar-refractivity contribution >= 4 is 11.6 Å². The van der Waals surface area contributed by atoms with Gasteiger partial charge >= 0.3 is 0 Å². The van der Waals surface area contributed by atoms with E-state index in [4.69, 9.17) is 10.2 Å². The normalized spacial score (nSPS) is 17.4. The van der Waals surface area contributed by atoms with Crippen LogP contribution in [0.3, 0.4) is 0 Å². The first-order valence-corrected chi connectivity index (χ1v) is 7.14. The summed E-state index contributed by atoms with van der Waals surface area (Å²) in [6, 6.07) is 7.31. The lowest BCUT2D eigenvalue weighted by molar-refractivity contribution is -0.122. The Kier molecular flexibility index (Phi) is 3.70. The highest BCUT2D eigenvalue weighted by Gasteiger charge is 2.35. The number of nitrogens with two attached hydrogens (primary N) is 1. The predicted octanol–water partition coefficient (Wildman–Crippen LogP) is 2.34. The number of carbonyl (C=O) groups is 1. The molecule has 0 radical (unpaired) electrons. The smallest absolute Gasteiger partial charge is 0.247 e. The maximum absolute atomic E-state index is 12.4. The number of rotatable bonds is 3. The number of nitrogens with zero attached hydrogens (tertiary/aromatic N) is 2. The highest BCUT2D eigenvalue weighted by molar-refractivity contribution is 5.98. The van der Waals surface area contributed by atoms with Gasteiger partial charge in [0.2, 0.25) is 18.2 Å². The maximum atomic E-state index is 12.4. The van der Waals surface area contributed by atoms with E-state index in [1.165, 1.54) is 6.39 Å². The molecule has 1 aromatic heterocycles. The van der Waals surface area contributed by atoms with Gasteiger partial charge in [-0.3, -0.25) is 4.79 Å². The van der Waals surface area contributed by atoms with E-state index < -0.39 is 5.54 Å². The first kappa shape index (κ1) is 13.8. The second kappa shape index (κ2) is 5.65. The lowest BCUT2D eigenvalue weighted by Gasteiger charge is -2.31. The third-order valence-electron chi connectivity index (χ3n) is 3.93. The van der Waals surface area contributed by atoms with Crippen molar-refractivity contribution < 1.29 is 9.21 Å². The molecule has 0 spiro atoms. The Morgan fingerprint density at radius 1 is 1.29 bits per heavy atom. The molecule has 0 aliphatic heterocycles. The zero-order valence-electron chi connectivity index (χ0n) is 11.7. The van der Waals surface area contributed by atoms with Crippen LogP contribution < -0.4 is 11.1 Å². The SMILES string of the molecule is NC1(C(=O)Nc2cccc(-c3nnco3)c2)CCCCC1. The molecule has 1 aromatic carbocycles. The van der Waals surface area contributed by atoms with Crippen LogP contribution in [0.4, 0.5) is 5.69 Å². The molecule has 0 atom stereocenters. The maximum Gasteiger partial charge on any atom is 0.247 e. The molecular weight excluding hydrogens is 268 g/mol. The molecule has 6 nitrogen and oxygen atoms in total. The number of hydrogen-bond donors (Lipinski definition) is 2. The third kappa shape index (κ3) is 2.95. The molecule has 1 fully saturated rings. The van der Waals surface area contributed by atoms with Crippen LogP contribution in [0.1, 0.15) is 32.1 Å². The van der Waals surface area contributed by atoms with Gasteiger partial charge in [0.15, 0.2) is 0 Å². The minimum Gasteiger partial charge on any atom is -0.423 e. The summed E-state index contributed by atoms with van der Waals surface area (Å²) in [5, 5.41) is 10.4. The van der Waals surface area contributed by atoms with E-state index in [0.717, 1.165) is 37.7 Å². The molecule has 0 bridgehead atoms. The van der Waals surface area contributed by atoms with Crippen molar-refractivity contribution in [3.63, 3.8) is 0 Å². The van der Waals surface area contributed by atoms with Crippen LogP contribution in [0.2, 0.25) is 0 Å². The number of benzene rings is 1. The molecule has 6 heteroatoms. The van der Waals surface area contributed by atoms with E-state index in [-0.39, 0.29) is 5.91 Å². The Morgan fingerprint density at radius 2 is 2.10 bits per heavy atom. The molecule has 0 saturated heterocycles. The molecule has 21 heavy (non-hydrogen) atoms. The van der Waals surface area contributed by atoms with Crippen molar-refractivity contribution in [3.05, 3.63) is 30.7 Å². The van der Waals surface area contributed by atoms with Crippen molar-refractivity contribution in [2.75, 3.05) is 5.32 Å². The number of anilines is 1. The van der Waals surface area contributed by atoms with Crippen LogP contribution in [-0.2, 0) is 4.79 Å². The minimum absolute atomic E-state index is 0.120. The summed E-state index contributed by atoms with van der Waals surface area (Å²) in [5.74, 6) is 0.302. The molecule has 110 valence electrons. The van der Waals surface area contributed by atoms with Gasteiger partial charge in [-0.2, -0.15) is 0 Å². The predicted molar refractivity (Wildman–Crippen MR) is 78.4 cm³/mol. The molecule has 2 aromatic rings. The summed E-state index contributed by atoms with van der Waals surface area (Å²) in [6.07, 6.45) is 5.92. The van der Waals surface area contributed by atoms with Crippen molar-refractivity contribution in [2.45, 2.75) is 37.6 Å². The summed E-state index contributed by atoms with van der Waals surface area (Å²) in [6.45, 7) is 0. The van der Waals surface area contributed by atoms with Gasteiger partial charge in [-0.05, 0) is 31.0 Å². The van der Waals surface area contributed by atoms with Gasteiger partial charge in [-0.1, -0.05) is 25.3 Å². The van der Waals surface area contributed by atoms with Crippen LogP contribution in [0.5, 0.6) is 0 Å². The zero-order valence-corrected chi connectivity index (χ0v) is 11.7. The highest BCUT2D eigenvalue weighted by Crippen LogP contribution is 2.28. The van der Waals surface area contributed by atoms with Gasteiger partial charge in [-0.15, -0.1) is 10.2 Å². The Balaban J connectivity index is 1.76. The van der Waals surface area contributed by atoms with E-state index >= 15 is 0 Å². The van der Waals surface area contributed by atoms with Crippen molar-refractivity contribution in [3.8, 4) is 11.5 Å². The Morgan fingerprint density at radius 3 is 2.81 bits per heavy atom. The molecule has 1 aliphatic rings. The summed E-state index contributed by atoms with van der Waals surface area (Å²) in [7, 11) is 0. The number of nitrogens with one attached hydrogen (secondary N) is 1. The Hall–Kier alpha value is -2.21. The molecular formula is C15H18N4O2. The van der Waals surface area contributed by atoms with Gasteiger partial charge in [0.05, 0.1) is 5.54 Å². The number of aromatic nitrogens is 2. The van der Waals surface area contributed by atoms with Gasteiger partial charge in [-0.25, -0.2) is 0 Å². The molecule has 3 rings (SSSR count). The quantitative estimate of drug-likeness (QED) is 0.903. The Labute approximate surface area is 122 Å². The van der Waals surface area contributed by atoms with Crippen molar-refractivity contribution in [2.24, 2.45) is 5.73 Å². The standard InChI is InChI=1S/C15H18N4O2/c16-15(7-2-1-3-8-15)14(20)18-12-6-4-5-11(9-12)13-19-17-10-21-13/h4-6,9-10H,1-3,7-8,16H2,(H,18,20). The highest BCUT2D eigenvalue weighted by atomic mass is 16.4. The van der Waals surface area contributed by atoms with Crippen LogP contribution >= 0.6 is 0 Å². The summed E-state index contributed by atoms with van der Waals surface area (Å²) >= 11 is 0. The van der Waals surface area contributed by atoms with E-state index in [9.17, 15) is 4.79 Å². The van der Waals surface area contributed by atoms with Gasteiger partial charge in [0, 0.05) is 11.3 Å². The summed E-state index contributed by atoms with van der Waals surface area (Å²) in [4.78, 5) is 12.4. The fourth-order valence-electron chi connectivity index (χ4n) is 2.69. The largest absolute Gasteiger partial charge is 0.423 e. The second-order valence-electron chi connectivity index (χ2n) is 5.50. The molecule has 1 heterocycles. The molecule has 1 amide bonds. The molecule has 1 aliphatic carbocycles. The van der Waals surface area contributed by atoms with Crippen LogP contribution in [0, 0.1) is 0 Å². The fraction of sp³-hybridized carbons (Fsp3) is 0.400. The van der Waals surface area contributed by atoms with Crippen LogP contribution in [-0.4, -0.2) is 21.6 Å². The minimum atomic E-state index is -0.751. The van der Waals surface area contributed by atoms with E-state index in [0.29, 0.717) is 11.6 Å². The summed E-state index contributed by atoms with van der Waals surface area (Å²) in [5.41, 5.74) is 6.93. The number of hydrogen-bond acceptors (Lipinski definition) is 5. The monoisotopic (exact) mass is 286 g/mol. The van der Waals surface area contributed by atoms with E-state index in [1.807, 2.05) is 18.2 Å². The average Bonchev–Trinajstić information content (AvgIpc) is 3.02. The van der Waals surface area contributed by atoms with E-state index in [2.05, 4.69) is 15.5 Å². The van der Waals surface area contributed by atoms with Gasteiger partial charge < -0.3 is 15.5 Å². The van der Waals surface area contributed by atoms with Gasteiger partial charge in [0.1, 0.15) is 0 Å². The third-order valence-corrected chi connectivity index (χ3v) is 3.93. The molecule has 0 unspecified atom stereocenters. The van der Waals surface area contributed by atoms with Crippen molar-refractivity contribution in [1.29, 1.82) is 0 Å². The van der Waals surface area contributed by atoms with Crippen LogP contribution in [0.15, 0.2) is 35.1 Å². The molecule has 3 N–H and O–H groups in total. The Bertz CT molecular complexity index is 618.